The van der Waals surface area contributed by atoms with Crippen molar-refractivity contribution in [2.45, 2.75) is 32.1 Å². The maximum Gasteiger partial charge on any atom is 0.256 e. The van der Waals surface area contributed by atoms with Crippen molar-refractivity contribution in [1.82, 2.24) is 5.32 Å². The average molecular weight is 425 g/mol. The summed E-state index contributed by atoms with van der Waals surface area (Å²) in [6, 6.07) is 27.6. The van der Waals surface area contributed by atoms with Crippen LogP contribution in [0, 0.1) is 22.7 Å². The number of nitrogens with one attached hydrogen (secondary N) is 1. The lowest BCUT2D eigenvalue weighted by Gasteiger charge is -2.17. The molecule has 0 saturated heterocycles. The van der Waals surface area contributed by atoms with Crippen LogP contribution in [-0.2, 0) is 13.2 Å². The van der Waals surface area contributed by atoms with Crippen LogP contribution in [0.2, 0.25) is 0 Å². The van der Waals surface area contributed by atoms with Crippen molar-refractivity contribution >= 4 is 5.91 Å². The minimum atomic E-state index is -0.766. The number of hydrogen-bond acceptors (Lipinski definition) is 5. The number of hydrogen-bond donors (Lipinski definition) is 1. The Labute approximate surface area is 187 Å². The number of nitrogens with zero attached hydrogens (tertiary/aromatic N) is 2. The fourth-order valence-corrected chi connectivity index (χ4v) is 3.04. The lowest BCUT2D eigenvalue weighted by Crippen LogP contribution is -2.34. The summed E-state index contributed by atoms with van der Waals surface area (Å²) in [5.74, 6) is 0.285. The molecular weight excluding hydrogens is 402 g/mol. The van der Waals surface area contributed by atoms with Gasteiger partial charge in [-0.2, -0.15) is 10.5 Å². The summed E-state index contributed by atoms with van der Waals surface area (Å²) in [5.41, 5.74) is 2.20. The van der Waals surface area contributed by atoms with Gasteiger partial charge in [0, 0.05) is 6.42 Å². The van der Waals surface area contributed by atoms with Crippen LogP contribution in [0.15, 0.2) is 78.9 Å². The van der Waals surface area contributed by atoms with Crippen molar-refractivity contribution in [3.63, 3.8) is 0 Å². The Morgan fingerprint density at radius 2 is 1.47 bits per heavy atom. The van der Waals surface area contributed by atoms with E-state index in [0.717, 1.165) is 11.1 Å². The second kappa shape index (κ2) is 11.8. The van der Waals surface area contributed by atoms with Gasteiger partial charge in [0.05, 0.1) is 17.7 Å². The van der Waals surface area contributed by atoms with Crippen LogP contribution in [0.1, 0.15) is 34.3 Å². The monoisotopic (exact) mass is 425 g/mol. The van der Waals surface area contributed by atoms with Gasteiger partial charge in [0.2, 0.25) is 0 Å². The lowest BCUT2D eigenvalue weighted by atomic mass is 10.1. The molecule has 0 heterocycles. The molecule has 0 radical (unpaired) electrons. The van der Waals surface area contributed by atoms with Crippen molar-refractivity contribution in [2.75, 3.05) is 0 Å². The summed E-state index contributed by atoms with van der Waals surface area (Å²) >= 11 is 0. The zero-order valence-corrected chi connectivity index (χ0v) is 17.5. The van der Waals surface area contributed by atoms with Crippen molar-refractivity contribution < 1.29 is 14.3 Å². The third kappa shape index (κ3) is 6.35. The zero-order chi connectivity index (χ0) is 22.6. The summed E-state index contributed by atoms with van der Waals surface area (Å²) in [6.07, 6.45) is 0.430. The molecule has 0 aliphatic rings. The molecule has 1 amide bonds. The zero-order valence-electron chi connectivity index (χ0n) is 17.5. The first-order chi connectivity index (χ1) is 15.7. The Balaban J connectivity index is 1.84. The number of carbonyl (C=O) groups is 1. The molecule has 1 N–H and O–H groups in total. The van der Waals surface area contributed by atoms with Crippen molar-refractivity contribution in [3.8, 4) is 23.6 Å². The Kier molecular flexibility index (Phi) is 8.25. The van der Waals surface area contributed by atoms with Gasteiger partial charge in [-0.25, -0.2) is 0 Å². The first kappa shape index (κ1) is 22.4. The summed E-state index contributed by atoms with van der Waals surface area (Å²) in [6.45, 7) is 0.569. The molecule has 3 aromatic rings. The van der Waals surface area contributed by atoms with E-state index in [9.17, 15) is 10.1 Å². The normalized spacial score (nSPS) is 10.9. The fourth-order valence-electron chi connectivity index (χ4n) is 3.04. The quantitative estimate of drug-likeness (QED) is 0.505. The van der Waals surface area contributed by atoms with Gasteiger partial charge in [-0.3, -0.25) is 4.79 Å². The SMILES string of the molecule is N#CCC[C@H](C#N)NC(=O)c1cccc(OCc2ccccc2)c1OCc1ccccc1. The van der Waals surface area contributed by atoms with Gasteiger partial charge in [0.1, 0.15) is 19.3 Å². The molecule has 0 unspecified atom stereocenters. The maximum atomic E-state index is 13.0. The van der Waals surface area contributed by atoms with E-state index in [4.69, 9.17) is 14.7 Å². The van der Waals surface area contributed by atoms with E-state index in [1.165, 1.54) is 0 Å². The first-order valence-electron chi connectivity index (χ1n) is 10.2. The summed E-state index contributed by atoms with van der Waals surface area (Å²) in [4.78, 5) is 13.0. The lowest BCUT2D eigenvalue weighted by molar-refractivity contribution is 0.0938. The van der Waals surface area contributed by atoms with Crippen LogP contribution in [-0.4, -0.2) is 11.9 Å². The molecule has 0 aliphatic heterocycles. The number of rotatable bonds is 10. The van der Waals surface area contributed by atoms with Crippen LogP contribution in [0.25, 0.3) is 0 Å². The van der Waals surface area contributed by atoms with Gasteiger partial charge in [-0.05, 0) is 29.7 Å². The Morgan fingerprint density at radius 1 is 0.844 bits per heavy atom. The summed E-state index contributed by atoms with van der Waals surface area (Å²) in [5, 5.41) is 20.7. The molecule has 0 aliphatic carbocycles. The molecule has 0 fully saturated rings. The van der Waals surface area contributed by atoms with Crippen LogP contribution in [0.3, 0.4) is 0 Å². The fraction of sp³-hybridized carbons (Fsp3) is 0.192. The smallest absolute Gasteiger partial charge is 0.256 e. The molecular formula is C26H23N3O3. The largest absolute Gasteiger partial charge is 0.485 e. The van der Waals surface area contributed by atoms with Gasteiger partial charge in [-0.15, -0.1) is 0 Å². The Bertz CT molecular complexity index is 1100. The minimum absolute atomic E-state index is 0.177. The van der Waals surface area contributed by atoms with E-state index in [0.29, 0.717) is 18.1 Å². The van der Waals surface area contributed by atoms with Gasteiger partial charge in [0.15, 0.2) is 11.5 Å². The molecule has 0 aromatic heterocycles. The predicted molar refractivity (Wildman–Crippen MR) is 120 cm³/mol. The topological polar surface area (TPSA) is 95.1 Å². The highest BCUT2D eigenvalue weighted by molar-refractivity contribution is 5.98. The number of ether oxygens (including phenoxy) is 2. The summed E-state index contributed by atoms with van der Waals surface area (Å²) in [7, 11) is 0. The number of nitriles is 2. The average Bonchev–Trinajstić information content (AvgIpc) is 2.85. The highest BCUT2D eigenvalue weighted by Gasteiger charge is 2.20. The first-order valence-corrected chi connectivity index (χ1v) is 10.2. The minimum Gasteiger partial charge on any atom is -0.485 e. The molecule has 6 nitrogen and oxygen atoms in total. The third-order valence-electron chi connectivity index (χ3n) is 4.69. The van der Waals surface area contributed by atoms with Gasteiger partial charge < -0.3 is 14.8 Å². The van der Waals surface area contributed by atoms with E-state index in [2.05, 4.69) is 5.32 Å². The highest BCUT2D eigenvalue weighted by Crippen LogP contribution is 2.33. The maximum absolute atomic E-state index is 13.0. The number of para-hydroxylation sites is 1. The molecule has 1 atom stereocenters. The van der Waals surface area contributed by atoms with Crippen LogP contribution < -0.4 is 14.8 Å². The van der Waals surface area contributed by atoms with E-state index in [1.807, 2.05) is 72.8 Å². The van der Waals surface area contributed by atoms with Crippen LogP contribution >= 0.6 is 0 Å². The molecule has 0 spiro atoms. The predicted octanol–water partition coefficient (Wildman–Crippen LogP) is 4.77. The van der Waals surface area contributed by atoms with Crippen molar-refractivity contribution in [3.05, 3.63) is 95.6 Å². The van der Waals surface area contributed by atoms with Crippen molar-refractivity contribution in [1.29, 1.82) is 10.5 Å². The van der Waals surface area contributed by atoms with Gasteiger partial charge in [0.25, 0.3) is 5.91 Å². The van der Waals surface area contributed by atoms with Gasteiger partial charge >= 0.3 is 0 Å². The Morgan fingerprint density at radius 3 is 2.06 bits per heavy atom. The van der Waals surface area contributed by atoms with Gasteiger partial charge in [-0.1, -0.05) is 66.7 Å². The molecule has 3 rings (SSSR count). The standard InChI is InChI=1S/C26H23N3O3/c27-16-8-13-22(17-28)29-26(30)23-14-7-15-24(31-18-20-9-3-1-4-10-20)25(23)32-19-21-11-5-2-6-12-21/h1-7,9-12,14-15,22H,8,13,18-19H2,(H,29,30)/t22-/m1/s1. The van der Waals surface area contributed by atoms with E-state index in [-0.39, 0.29) is 25.0 Å². The van der Waals surface area contributed by atoms with E-state index >= 15 is 0 Å². The van der Waals surface area contributed by atoms with Crippen LogP contribution in [0.5, 0.6) is 11.5 Å². The molecule has 0 saturated carbocycles. The second-order valence-corrected chi connectivity index (χ2v) is 7.03. The second-order valence-electron chi connectivity index (χ2n) is 7.03. The number of benzene rings is 3. The molecule has 3 aromatic carbocycles. The van der Waals surface area contributed by atoms with Crippen molar-refractivity contribution in [2.24, 2.45) is 0 Å². The van der Waals surface area contributed by atoms with Crippen LogP contribution in [0.4, 0.5) is 0 Å². The van der Waals surface area contributed by atoms with E-state index in [1.54, 1.807) is 18.2 Å². The highest BCUT2D eigenvalue weighted by atomic mass is 16.5. The third-order valence-corrected chi connectivity index (χ3v) is 4.69. The molecule has 6 heteroatoms. The summed E-state index contributed by atoms with van der Waals surface area (Å²) < 4.78 is 12.0. The number of carbonyl (C=O) groups excluding carboxylic acids is 1. The molecule has 32 heavy (non-hydrogen) atoms. The molecule has 0 bridgehead atoms. The Hall–Kier alpha value is -4.29. The number of amides is 1. The van der Waals surface area contributed by atoms with E-state index < -0.39 is 11.9 Å². The molecule has 160 valence electrons.